The Morgan fingerprint density at radius 2 is 1.69 bits per heavy atom. The summed E-state index contributed by atoms with van der Waals surface area (Å²) in [5.41, 5.74) is 2.62. The van der Waals surface area contributed by atoms with Gasteiger partial charge >= 0.3 is 0 Å². The van der Waals surface area contributed by atoms with Gasteiger partial charge in [-0.2, -0.15) is 5.26 Å². The van der Waals surface area contributed by atoms with Gasteiger partial charge < -0.3 is 5.32 Å². The number of anilines is 2. The molecule has 0 spiro atoms. The predicted molar refractivity (Wildman–Crippen MR) is 73.6 cm³/mol. The second-order valence-electron chi connectivity index (χ2n) is 3.33. The summed E-state index contributed by atoms with van der Waals surface area (Å²) in [4.78, 5) is 0. The third-order valence-corrected chi connectivity index (χ3v) is 2.78. The molecule has 0 heterocycles. The summed E-state index contributed by atoms with van der Waals surface area (Å²) in [5.74, 6) is 0. The van der Waals surface area contributed by atoms with Crippen LogP contribution in [0.5, 0.6) is 0 Å². The van der Waals surface area contributed by atoms with Crippen LogP contribution in [0.3, 0.4) is 0 Å². The molecule has 0 saturated heterocycles. The lowest BCUT2D eigenvalue weighted by Gasteiger charge is -2.06. The molecule has 2 nitrogen and oxygen atoms in total. The average molecular weight is 320 g/mol. The van der Waals surface area contributed by atoms with Crippen LogP contribution in [0.1, 0.15) is 5.56 Å². The Hall–Kier alpha value is -1.54. The van der Waals surface area contributed by atoms with E-state index in [0.717, 1.165) is 11.4 Å². The van der Waals surface area contributed by atoms with Crippen LogP contribution in [-0.4, -0.2) is 0 Å². The summed E-state index contributed by atoms with van der Waals surface area (Å²) in [7, 11) is 0. The molecule has 0 unspecified atom stereocenters. The standard InChI is InChI=1S/C13H9IN2/c14-11-4-2-6-13(8-11)16-12-5-1-3-10(7-12)9-15/h1-8,16H. The molecule has 2 aromatic carbocycles. The smallest absolute Gasteiger partial charge is 0.0992 e. The summed E-state index contributed by atoms with van der Waals surface area (Å²) in [5, 5.41) is 12.1. The van der Waals surface area contributed by atoms with Gasteiger partial charge in [0.1, 0.15) is 0 Å². The van der Waals surface area contributed by atoms with Crippen LogP contribution in [0.2, 0.25) is 0 Å². The highest BCUT2D eigenvalue weighted by Gasteiger charge is 1.96. The number of nitriles is 1. The second kappa shape index (κ2) is 4.99. The van der Waals surface area contributed by atoms with Crippen molar-refractivity contribution in [3.63, 3.8) is 0 Å². The number of hydrogen-bond acceptors (Lipinski definition) is 2. The Morgan fingerprint density at radius 3 is 2.38 bits per heavy atom. The van der Waals surface area contributed by atoms with Crippen LogP contribution in [0, 0.1) is 14.9 Å². The van der Waals surface area contributed by atoms with Crippen LogP contribution in [0.25, 0.3) is 0 Å². The Balaban J connectivity index is 2.24. The molecule has 0 aromatic heterocycles. The van der Waals surface area contributed by atoms with E-state index in [9.17, 15) is 0 Å². The fourth-order valence-corrected chi connectivity index (χ4v) is 1.94. The maximum absolute atomic E-state index is 8.79. The van der Waals surface area contributed by atoms with Crippen molar-refractivity contribution >= 4 is 34.0 Å². The summed E-state index contributed by atoms with van der Waals surface area (Å²) in [6, 6.07) is 17.7. The molecule has 78 valence electrons. The lowest BCUT2D eigenvalue weighted by atomic mass is 10.2. The molecule has 0 fully saturated rings. The highest BCUT2D eigenvalue weighted by Crippen LogP contribution is 2.19. The first-order valence-corrected chi connectivity index (χ1v) is 5.88. The Kier molecular flexibility index (Phi) is 3.42. The predicted octanol–water partition coefficient (Wildman–Crippen LogP) is 3.91. The Morgan fingerprint density at radius 1 is 1.00 bits per heavy atom. The van der Waals surface area contributed by atoms with Crippen molar-refractivity contribution in [2.75, 3.05) is 5.32 Å². The Labute approximate surface area is 108 Å². The van der Waals surface area contributed by atoms with Crippen LogP contribution >= 0.6 is 22.6 Å². The molecule has 0 amide bonds. The van der Waals surface area contributed by atoms with Crippen molar-refractivity contribution in [3.05, 3.63) is 57.7 Å². The van der Waals surface area contributed by atoms with E-state index < -0.39 is 0 Å². The molecule has 0 bridgehead atoms. The Bertz CT molecular complexity index is 544. The van der Waals surface area contributed by atoms with Crippen molar-refractivity contribution in [2.45, 2.75) is 0 Å². The number of benzene rings is 2. The first-order valence-electron chi connectivity index (χ1n) is 4.81. The van der Waals surface area contributed by atoms with E-state index in [1.165, 1.54) is 3.57 Å². The van der Waals surface area contributed by atoms with Gasteiger partial charge in [0, 0.05) is 14.9 Å². The lowest BCUT2D eigenvalue weighted by Crippen LogP contribution is -1.90. The fourth-order valence-electron chi connectivity index (χ4n) is 1.40. The van der Waals surface area contributed by atoms with Crippen molar-refractivity contribution in [3.8, 4) is 6.07 Å². The minimum absolute atomic E-state index is 0.663. The van der Waals surface area contributed by atoms with E-state index in [0.29, 0.717) is 5.56 Å². The summed E-state index contributed by atoms with van der Waals surface area (Å²) < 4.78 is 1.18. The quantitative estimate of drug-likeness (QED) is 0.852. The highest BCUT2D eigenvalue weighted by molar-refractivity contribution is 14.1. The zero-order chi connectivity index (χ0) is 11.4. The van der Waals surface area contributed by atoms with Gasteiger partial charge in [0.15, 0.2) is 0 Å². The third-order valence-electron chi connectivity index (χ3n) is 2.10. The molecule has 0 aliphatic rings. The van der Waals surface area contributed by atoms with Gasteiger partial charge in [-0.25, -0.2) is 0 Å². The van der Waals surface area contributed by atoms with E-state index in [2.05, 4.69) is 40.0 Å². The molecular formula is C13H9IN2. The molecule has 2 aromatic rings. The van der Waals surface area contributed by atoms with Gasteiger partial charge in [-0.15, -0.1) is 0 Å². The zero-order valence-corrected chi connectivity index (χ0v) is 10.6. The van der Waals surface area contributed by atoms with Gasteiger partial charge in [-0.1, -0.05) is 12.1 Å². The molecule has 16 heavy (non-hydrogen) atoms. The van der Waals surface area contributed by atoms with Crippen molar-refractivity contribution in [2.24, 2.45) is 0 Å². The maximum Gasteiger partial charge on any atom is 0.0992 e. The number of halogens is 1. The number of rotatable bonds is 2. The van der Waals surface area contributed by atoms with Crippen LogP contribution < -0.4 is 5.32 Å². The molecular weight excluding hydrogens is 311 g/mol. The molecule has 0 aliphatic carbocycles. The molecule has 0 radical (unpaired) electrons. The minimum Gasteiger partial charge on any atom is -0.355 e. The van der Waals surface area contributed by atoms with Crippen molar-refractivity contribution < 1.29 is 0 Å². The highest BCUT2D eigenvalue weighted by atomic mass is 127. The number of nitrogens with one attached hydrogen (secondary N) is 1. The second-order valence-corrected chi connectivity index (χ2v) is 4.57. The van der Waals surface area contributed by atoms with E-state index in [1.54, 1.807) is 6.07 Å². The van der Waals surface area contributed by atoms with Crippen LogP contribution in [-0.2, 0) is 0 Å². The van der Waals surface area contributed by atoms with Crippen LogP contribution in [0.4, 0.5) is 11.4 Å². The first-order chi connectivity index (χ1) is 7.78. The van der Waals surface area contributed by atoms with Gasteiger partial charge in [-0.3, -0.25) is 0 Å². The summed E-state index contributed by atoms with van der Waals surface area (Å²) in [6.45, 7) is 0. The van der Waals surface area contributed by atoms with Gasteiger partial charge in [0.2, 0.25) is 0 Å². The molecule has 3 heteroatoms. The molecule has 0 aliphatic heterocycles. The van der Waals surface area contributed by atoms with Crippen molar-refractivity contribution in [1.82, 2.24) is 0 Å². The van der Waals surface area contributed by atoms with E-state index in [-0.39, 0.29) is 0 Å². The van der Waals surface area contributed by atoms with E-state index >= 15 is 0 Å². The maximum atomic E-state index is 8.79. The summed E-state index contributed by atoms with van der Waals surface area (Å²) in [6.07, 6.45) is 0. The van der Waals surface area contributed by atoms with Gasteiger partial charge in [0.05, 0.1) is 11.6 Å². The zero-order valence-electron chi connectivity index (χ0n) is 8.44. The normalized spacial score (nSPS) is 9.50. The first kappa shape index (κ1) is 11.0. The summed E-state index contributed by atoms with van der Waals surface area (Å²) >= 11 is 2.27. The monoisotopic (exact) mass is 320 g/mol. The topological polar surface area (TPSA) is 35.8 Å². The number of hydrogen-bond donors (Lipinski definition) is 1. The van der Waals surface area contributed by atoms with Crippen molar-refractivity contribution in [1.29, 1.82) is 5.26 Å². The van der Waals surface area contributed by atoms with Gasteiger partial charge in [0.25, 0.3) is 0 Å². The molecule has 1 N–H and O–H groups in total. The third kappa shape index (κ3) is 2.74. The van der Waals surface area contributed by atoms with E-state index in [1.807, 2.05) is 36.4 Å². The molecule has 0 atom stereocenters. The lowest BCUT2D eigenvalue weighted by molar-refractivity contribution is 1.47. The van der Waals surface area contributed by atoms with E-state index in [4.69, 9.17) is 5.26 Å². The average Bonchev–Trinajstić information content (AvgIpc) is 2.29. The molecule has 2 rings (SSSR count). The SMILES string of the molecule is N#Cc1cccc(Nc2cccc(I)c2)c1. The van der Waals surface area contributed by atoms with Crippen LogP contribution in [0.15, 0.2) is 48.5 Å². The minimum atomic E-state index is 0.663. The number of nitrogens with zero attached hydrogens (tertiary/aromatic N) is 1. The fraction of sp³-hybridized carbons (Fsp3) is 0. The molecule has 0 saturated carbocycles. The largest absolute Gasteiger partial charge is 0.355 e. The van der Waals surface area contributed by atoms with Gasteiger partial charge in [-0.05, 0) is 59.0 Å².